The standard InChI is InChI=1S/C18H24N6O6S2/c1-14-13-15(2)20-17(19-14)24(31(25,26)16-7-5-4-6-8-16)18(21-29-3)22-32(27,28)23-9-11-30-12-10-23/h4-8,13H,9-12H2,1-3H3,(H,21,22). The number of hydrogen-bond donors (Lipinski definition) is 1. The molecule has 0 unspecified atom stereocenters. The van der Waals surface area contributed by atoms with Crippen molar-refractivity contribution in [1.82, 2.24) is 19.0 Å². The average molecular weight is 485 g/mol. The Kier molecular flexibility index (Phi) is 7.28. The summed E-state index contributed by atoms with van der Waals surface area (Å²) in [7, 11) is -7.41. The highest BCUT2D eigenvalue weighted by Crippen LogP contribution is 2.22. The van der Waals surface area contributed by atoms with E-state index in [0.29, 0.717) is 15.7 Å². The number of sulfonamides is 1. The number of ether oxygens (including phenoxy) is 1. The fourth-order valence-electron chi connectivity index (χ4n) is 2.96. The summed E-state index contributed by atoms with van der Waals surface area (Å²) in [6.45, 7) is 3.95. The first kappa shape index (κ1) is 23.8. The third kappa shape index (κ3) is 5.32. The molecular formula is C18H24N6O6S2. The molecule has 1 aliphatic rings. The Bertz CT molecular complexity index is 1160. The third-order valence-corrected chi connectivity index (χ3v) is 7.50. The van der Waals surface area contributed by atoms with E-state index in [2.05, 4.69) is 19.8 Å². The fraction of sp³-hybridized carbons (Fsp3) is 0.389. The van der Waals surface area contributed by atoms with E-state index in [0.717, 1.165) is 4.31 Å². The van der Waals surface area contributed by atoms with Crippen LogP contribution in [0.15, 0.2) is 46.4 Å². The normalized spacial score (nSPS) is 15.9. The minimum absolute atomic E-state index is 0.0983. The summed E-state index contributed by atoms with van der Waals surface area (Å²) in [6.07, 6.45) is 0. The van der Waals surface area contributed by atoms with Crippen LogP contribution in [0.2, 0.25) is 0 Å². The van der Waals surface area contributed by atoms with Gasteiger partial charge in [0.15, 0.2) is 0 Å². The van der Waals surface area contributed by atoms with E-state index >= 15 is 0 Å². The van der Waals surface area contributed by atoms with Crippen LogP contribution in [0.25, 0.3) is 0 Å². The number of benzene rings is 1. The van der Waals surface area contributed by atoms with Gasteiger partial charge in [0, 0.05) is 24.5 Å². The fourth-order valence-corrected chi connectivity index (χ4v) is 5.45. The zero-order valence-electron chi connectivity index (χ0n) is 17.8. The number of nitrogens with zero attached hydrogens (tertiary/aromatic N) is 5. The predicted octanol–water partition coefficient (Wildman–Crippen LogP) is 0.373. The van der Waals surface area contributed by atoms with E-state index < -0.39 is 26.2 Å². The number of anilines is 1. The molecule has 0 aliphatic carbocycles. The van der Waals surface area contributed by atoms with Gasteiger partial charge in [-0.05, 0) is 37.2 Å². The lowest BCUT2D eigenvalue weighted by Crippen LogP contribution is -2.54. The van der Waals surface area contributed by atoms with Crippen molar-refractivity contribution >= 4 is 32.1 Å². The summed E-state index contributed by atoms with van der Waals surface area (Å²) in [4.78, 5) is 13.1. The summed E-state index contributed by atoms with van der Waals surface area (Å²) in [6, 6.07) is 9.12. The molecule has 0 bridgehead atoms. The molecule has 2 heterocycles. The summed E-state index contributed by atoms with van der Waals surface area (Å²) in [5.74, 6) is -0.917. The van der Waals surface area contributed by atoms with Gasteiger partial charge in [0.25, 0.3) is 16.0 Å². The first-order valence-electron chi connectivity index (χ1n) is 9.54. The number of nitrogens with one attached hydrogen (secondary N) is 1. The predicted molar refractivity (Wildman–Crippen MR) is 117 cm³/mol. The van der Waals surface area contributed by atoms with Gasteiger partial charge in [-0.25, -0.2) is 23.1 Å². The van der Waals surface area contributed by atoms with Crippen molar-refractivity contribution in [2.24, 2.45) is 5.16 Å². The molecule has 2 aromatic rings. The first-order chi connectivity index (χ1) is 15.1. The summed E-state index contributed by atoms with van der Waals surface area (Å²) in [5, 5.41) is 3.67. The Balaban J connectivity index is 2.14. The van der Waals surface area contributed by atoms with Crippen molar-refractivity contribution in [3.8, 4) is 0 Å². The summed E-state index contributed by atoms with van der Waals surface area (Å²) >= 11 is 0. The Morgan fingerprint density at radius 3 is 2.25 bits per heavy atom. The second kappa shape index (κ2) is 9.77. The Labute approximate surface area is 187 Å². The van der Waals surface area contributed by atoms with E-state index in [9.17, 15) is 16.8 Å². The molecule has 3 rings (SSSR count). The van der Waals surface area contributed by atoms with Gasteiger partial charge >= 0.3 is 10.2 Å². The molecule has 0 spiro atoms. The number of guanidine groups is 1. The maximum absolute atomic E-state index is 13.6. The molecule has 1 saturated heterocycles. The van der Waals surface area contributed by atoms with Gasteiger partial charge in [-0.1, -0.05) is 18.2 Å². The highest BCUT2D eigenvalue weighted by atomic mass is 32.2. The van der Waals surface area contributed by atoms with Crippen LogP contribution in [-0.4, -0.2) is 70.5 Å². The molecule has 174 valence electrons. The molecule has 1 aromatic heterocycles. The molecule has 12 nitrogen and oxygen atoms in total. The highest BCUT2D eigenvalue weighted by Gasteiger charge is 2.36. The zero-order valence-corrected chi connectivity index (χ0v) is 19.4. The van der Waals surface area contributed by atoms with Crippen LogP contribution in [0.3, 0.4) is 0 Å². The van der Waals surface area contributed by atoms with Gasteiger partial charge < -0.3 is 9.57 Å². The van der Waals surface area contributed by atoms with E-state index in [1.54, 1.807) is 38.1 Å². The van der Waals surface area contributed by atoms with Gasteiger partial charge in [-0.3, -0.25) is 0 Å². The Morgan fingerprint density at radius 1 is 1.09 bits per heavy atom. The van der Waals surface area contributed by atoms with Crippen LogP contribution < -0.4 is 9.03 Å². The Hall–Kier alpha value is -2.81. The van der Waals surface area contributed by atoms with Gasteiger partial charge in [0.1, 0.15) is 7.11 Å². The van der Waals surface area contributed by atoms with Crippen molar-refractivity contribution in [3.63, 3.8) is 0 Å². The minimum atomic E-state index is -4.38. The topological polar surface area (TPSA) is 143 Å². The van der Waals surface area contributed by atoms with Crippen molar-refractivity contribution in [2.45, 2.75) is 18.7 Å². The van der Waals surface area contributed by atoms with Crippen LogP contribution >= 0.6 is 0 Å². The van der Waals surface area contributed by atoms with E-state index in [4.69, 9.17) is 9.57 Å². The molecule has 32 heavy (non-hydrogen) atoms. The van der Waals surface area contributed by atoms with Crippen molar-refractivity contribution in [3.05, 3.63) is 47.8 Å². The minimum Gasteiger partial charge on any atom is -0.396 e. The van der Waals surface area contributed by atoms with E-state index in [-0.39, 0.29) is 37.1 Å². The van der Waals surface area contributed by atoms with Crippen LogP contribution in [0, 0.1) is 13.8 Å². The number of oxime groups is 1. The molecular weight excluding hydrogens is 460 g/mol. The SMILES string of the molecule is CON=C(NS(=O)(=O)N1CCOCC1)N(c1nc(C)cc(C)n1)S(=O)(=O)c1ccccc1. The largest absolute Gasteiger partial charge is 0.396 e. The van der Waals surface area contributed by atoms with Crippen molar-refractivity contribution in [1.29, 1.82) is 0 Å². The lowest BCUT2D eigenvalue weighted by atomic mass is 10.4. The van der Waals surface area contributed by atoms with Crippen LogP contribution in [0.5, 0.6) is 0 Å². The average Bonchev–Trinajstić information content (AvgIpc) is 2.74. The first-order valence-corrected chi connectivity index (χ1v) is 12.4. The molecule has 0 atom stereocenters. The monoisotopic (exact) mass is 484 g/mol. The molecule has 1 aromatic carbocycles. The van der Waals surface area contributed by atoms with E-state index in [1.165, 1.54) is 19.2 Å². The molecule has 1 aliphatic heterocycles. The van der Waals surface area contributed by atoms with Crippen molar-refractivity contribution in [2.75, 3.05) is 37.7 Å². The molecule has 0 saturated carbocycles. The Morgan fingerprint density at radius 2 is 1.69 bits per heavy atom. The van der Waals surface area contributed by atoms with Gasteiger partial charge in [0.05, 0.1) is 18.1 Å². The third-order valence-electron chi connectivity index (χ3n) is 4.33. The molecule has 14 heteroatoms. The number of hydrogen-bond acceptors (Lipinski definition) is 9. The lowest BCUT2D eigenvalue weighted by molar-refractivity contribution is 0.0727. The molecule has 1 fully saturated rings. The molecule has 0 amide bonds. The van der Waals surface area contributed by atoms with Gasteiger partial charge in [-0.2, -0.15) is 17.0 Å². The highest BCUT2D eigenvalue weighted by molar-refractivity contribution is 7.94. The quantitative estimate of drug-likeness (QED) is 0.352. The van der Waals surface area contributed by atoms with Crippen LogP contribution in [0.4, 0.5) is 5.95 Å². The van der Waals surface area contributed by atoms with Gasteiger partial charge in [0.2, 0.25) is 5.95 Å². The number of morpholine rings is 1. The number of rotatable bonds is 6. The molecule has 0 radical (unpaired) electrons. The van der Waals surface area contributed by atoms with Crippen LogP contribution in [0.1, 0.15) is 11.4 Å². The second-order valence-electron chi connectivity index (χ2n) is 6.75. The van der Waals surface area contributed by atoms with Gasteiger partial charge in [-0.15, -0.1) is 0 Å². The second-order valence-corrected chi connectivity index (χ2v) is 10.2. The molecule has 1 N–H and O–H groups in total. The van der Waals surface area contributed by atoms with Crippen molar-refractivity contribution < 1.29 is 26.4 Å². The maximum atomic E-state index is 13.6. The number of aromatic nitrogens is 2. The lowest BCUT2D eigenvalue weighted by Gasteiger charge is -2.29. The smallest absolute Gasteiger partial charge is 0.304 e. The maximum Gasteiger partial charge on any atom is 0.304 e. The van der Waals surface area contributed by atoms with Crippen LogP contribution in [-0.2, 0) is 29.8 Å². The zero-order chi connectivity index (χ0) is 23.4. The summed E-state index contributed by atoms with van der Waals surface area (Å²) < 4.78 is 62.2. The number of aryl methyl sites for hydroxylation is 2. The summed E-state index contributed by atoms with van der Waals surface area (Å²) in [5.41, 5.74) is 0.960. The van der Waals surface area contributed by atoms with E-state index in [1.807, 2.05) is 0 Å².